The van der Waals surface area contributed by atoms with Crippen LogP contribution in [0.25, 0.3) is 0 Å². The molecule has 1 saturated heterocycles. The summed E-state index contributed by atoms with van der Waals surface area (Å²) in [4.78, 5) is 23.2. The SMILES string of the molecule is CC12C(=O)OC(=O)C1C1C=CC2CC1. The van der Waals surface area contributed by atoms with E-state index in [-0.39, 0.29) is 29.7 Å². The lowest BCUT2D eigenvalue weighted by Crippen LogP contribution is -2.47. The van der Waals surface area contributed by atoms with Gasteiger partial charge in [-0.2, -0.15) is 0 Å². The highest BCUT2D eigenvalue weighted by molar-refractivity contribution is 6.00. The summed E-state index contributed by atoms with van der Waals surface area (Å²) >= 11 is 0. The molecule has 2 fully saturated rings. The average Bonchev–Trinajstić information content (AvgIpc) is 2.42. The van der Waals surface area contributed by atoms with Crippen molar-refractivity contribution in [2.45, 2.75) is 19.8 Å². The summed E-state index contributed by atoms with van der Waals surface area (Å²) in [6, 6.07) is 0. The topological polar surface area (TPSA) is 43.4 Å². The highest BCUT2D eigenvalue weighted by atomic mass is 16.6. The number of hydrogen-bond donors (Lipinski definition) is 0. The molecule has 0 aromatic heterocycles. The van der Waals surface area contributed by atoms with E-state index in [9.17, 15) is 9.59 Å². The number of rotatable bonds is 0. The minimum atomic E-state index is -0.561. The molecule has 4 rings (SSSR count). The van der Waals surface area contributed by atoms with E-state index in [1.165, 1.54) is 0 Å². The van der Waals surface area contributed by atoms with Gasteiger partial charge in [-0.25, -0.2) is 0 Å². The first-order chi connectivity index (χ1) is 6.64. The van der Waals surface area contributed by atoms with Crippen LogP contribution in [0.3, 0.4) is 0 Å². The van der Waals surface area contributed by atoms with Crippen molar-refractivity contribution >= 4 is 11.9 Å². The molecular weight excluding hydrogens is 180 g/mol. The predicted octanol–water partition coefficient (Wildman–Crippen LogP) is 1.29. The van der Waals surface area contributed by atoms with E-state index < -0.39 is 5.41 Å². The maximum absolute atomic E-state index is 11.7. The van der Waals surface area contributed by atoms with Crippen molar-refractivity contribution in [3.8, 4) is 0 Å². The minimum absolute atomic E-state index is 0.205. The second kappa shape index (κ2) is 2.27. The normalized spacial score (nSPS) is 49.4. The zero-order valence-corrected chi connectivity index (χ0v) is 8.03. The van der Waals surface area contributed by atoms with Gasteiger partial charge < -0.3 is 4.74 Å². The fourth-order valence-corrected chi connectivity index (χ4v) is 3.26. The van der Waals surface area contributed by atoms with Gasteiger partial charge in [0, 0.05) is 0 Å². The number of esters is 2. The predicted molar refractivity (Wildman–Crippen MR) is 48.1 cm³/mol. The molecule has 0 spiro atoms. The number of fused-ring (bicyclic) bond motifs is 1. The number of allylic oxidation sites excluding steroid dienone is 2. The molecule has 0 N–H and O–H groups in total. The van der Waals surface area contributed by atoms with Crippen molar-refractivity contribution in [2.24, 2.45) is 23.2 Å². The molecule has 3 aliphatic carbocycles. The first kappa shape index (κ1) is 8.21. The zero-order valence-electron chi connectivity index (χ0n) is 8.03. The van der Waals surface area contributed by atoms with Gasteiger partial charge in [0.25, 0.3) is 0 Å². The first-order valence-corrected chi connectivity index (χ1v) is 5.08. The lowest BCUT2D eigenvalue weighted by Gasteiger charge is -2.44. The number of carbonyl (C=O) groups excluding carboxylic acids is 2. The van der Waals surface area contributed by atoms with Crippen molar-refractivity contribution in [1.82, 2.24) is 0 Å². The Balaban J connectivity index is 2.16. The Hall–Kier alpha value is -1.12. The van der Waals surface area contributed by atoms with E-state index >= 15 is 0 Å². The minimum Gasteiger partial charge on any atom is -0.392 e. The smallest absolute Gasteiger partial charge is 0.320 e. The van der Waals surface area contributed by atoms with E-state index in [0.29, 0.717) is 0 Å². The van der Waals surface area contributed by atoms with Crippen LogP contribution in [0.1, 0.15) is 19.8 Å². The second-order valence-corrected chi connectivity index (χ2v) is 4.70. The van der Waals surface area contributed by atoms with Gasteiger partial charge in [0.15, 0.2) is 0 Å². The van der Waals surface area contributed by atoms with Crippen LogP contribution in [0.5, 0.6) is 0 Å². The number of cyclic esters (lactones) is 2. The van der Waals surface area contributed by atoms with Gasteiger partial charge in [-0.1, -0.05) is 12.2 Å². The molecule has 4 aliphatic rings. The quantitative estimate of drug-likeness (QED) is 0.330. The van der Waals surface area contributed by atoms with Crippen LogP contribution in [-0.2, 0) is 14.3 Å². The van der Waals surface area contributed by atoms with Gasteiger partial charge in [-0.15, -0.1) is 0 Å². The lowest BCUT2D eigenvalue weighted by molar-refractivity contribution is -0.155. The molecule has 0 amide bonds. The van der Waals surface area contributed by atoms with Crippen molar-refractivity contribution in [3.63, 3.8) is 0 Å². The molecule has 0 radical (unpaired) electrons. The van der Waals surface area contributed by atoms with E-state index in [0.717, 1.165) is 12.8 Å². The number of carbonyl (C=O) groups is 2. The Labute approximate surface area is 82.1 Å². The summed E-state index contributed by atoms with van der Waals surface area (Å²) in [5.74, 6) is -0.401. The van der Waals surface area contributed by atoms with Crippen LogP contribution in [0.15, 0.2) is 12.2 Å². The van der Waals surface area contributed by atoms with Gasteiger partial charge >= 0.3 is 11.9 Å². The number of ether oxygens (including phenoxy) is 1. The molecule has 3 nitrogen and oxygen atoms in total. The maximum Gasteiger partial charge on any atom is 0.320 e. The summed E-state index contributed by atoms with van der Waals surface area (Å²) in [6.45, 7) is 1.88. The van der Waals surface area contributed by atoms with Crippen molar-refractivity contribution < 1.29 is 14.3 Å². The van der Waals surface area contributed by atoms with Crippen molar-refractivity contribution in [3.05, 3.63) is 12.2 Å². The Morgan fingerprint density at radius 2 is 2.14 bits per heavy atom. The molecular formula is C11H12O3. The molecule has 1 aliphatic heterocycles. The summed E-state index contributed by atoms with van der Waals surface area (Å²) in [5.41, 5.74) is -0.561. The molecule has 3 heteroatoms. The van der Waals surface area contributed by atoms with Gasteiger partial charge in [0.1, 0.15) is 0 Å². The lowest BCUT2D eigenvalue weighted by atomic mass is 9.55. The van der Waals surface area contributed by atoms with Crippen LogP contribution in [0.4, 0.5) is 0 Å². The molecule has 14 heavy (non-hydrogen) atoms. The van der Waals surface area contributed by atoms with Crippen molar-refractivity contribution in [1.29, 1.82) is 0 Å². The van der Waals surface area contributed by atoms with E-state index in [1.54, 1.807) is 0 Å². The summed E-state index contributed by atoms with van der Waals surface area (Å²) in [7, 11) is 0. The van der Waals surface area contributed by atoms with Crippen LogP contribution in [-0.4, -0.2) is 11.9 Å². The zero-order chi connectivity index (χ0) is 9.92. The second-order valence-electron chi connectivity index (χ2n) is 4.70. The van der Waals surface area contributed by atoms with Crippen LogP contribution in [0.2, 0.25) is 0 Å². The van der Waals surface area contributed by atoms with Gasteiger partial charge in [-0.3, -0.25) is 9.59 Å². The molecule has 2 bridgehead atoms. The molecule has 4 unspecified atom stereocenters. The highest BCUT2D eigenvalue weighted by Crippen LogP contribution is 2.56. The Bertz CT molecular complexity index is 358. The molecule has 1 saturated carbocycles. The standard InChI is InChI=1S/C11H12O3/c1-11-7-4-2-6(3-5-7)8(11)9(12)14-10(11)13/h2,4,6-8H,3,5H2,1H3. The Morgan fingerprint density at radius 3 is 2.71 bits per heavy atom. The fraction of sp³-hybridized carbons (Fsp3) is 0.636. The van der Waals surface area contributed by atoms with Crippen LogP contribution >= 0.6 is 0 Å². The third-order valence-electron chi connectivity index (χ3n) is 4.13. The molecule has 74 valence electrons. The molecule has 0 aromatic rings. The third kappa shape index (κ3) is 0.703. The third-order valence-corrected chi connectivity index (χ3v) is 4.13. The van der Waals surface area contributed by atoms with E-state index in [4.69, 9.17) is 4.74 Å². The van der Waals surface area contributed by atoms with Gasteiger partial charge in [-0.05, 0) is 31.6 Å². The fourth-order valence-electron chi connectivity index (χ4n) is 3.26. The average molecular weight is 192 g/mol. The van der Waals surface area contributed by atoms with E-state index in [1.807, 2.05) is 6.92 Å². The molecule has 1 heterocycles. The van der Waals surface area contributed by atoms with Crippen LogP contribution < -0.4 is 0 Å². The van der Waals surface area contributed by atoms with Gasteiger partial charge in [0.2, 0.25) is 0 Å². The maximum atomic E-state index is 11.7. The molecule has 0 aromatic carbocycles. The van der Waals surface area contributed by atoms with Crippen LogP contribution in [0, 0.1) is 23.2 Å². The summed E-state index contributed by atoms with van der Waals surface area (Å²) in [6.07, 6.45) is 6.20. The highest BCUT2D eigenvalue weighted by Gasteiger charge is 2.63. The Kier molecular flexibility index (Phi) is 1.33. The van der Waals surface area contributed by atoms with Gasteiger partial charge in [0.05, 0.1) is 11.3 Å². The first-order valence-electron chi connectivity index (χ1n) is 5.08. The number of hydrogen-bond acceptors (Lipinski definition) is 3. The van der Waals surface area contributed by atoms with E-state index in [2.05, 4.69) is 12.2 Å². The monoisotopic (exact) mass is 192 g/mol. The Morgan fingerprint density at radius 1 is 1.36 bits per heavy atom. The summed E-state index contributed by atoms with van der Waals surface area (Å²) < 4.78 is 4.77. The summed E-state index contributed by atoms with van der Waals surface area (Å²) in [5, 5.41) is 0. The largest absolute Gasteiger partial charge is 0.392 e. The van der Waals surface area contributed by atoms with Crippen molar-refractivity contribution in [2.75, 3.05) is 0 Å². The molecule has 4 atom stereocenters.